The molecule has 6 nitrogen and oxygen atoms in total. The second kappa shape index (κ2) is 9.40. The van der Waals surface area contributed by atoms with Crippen molar-refractivity contribution in [3.8, 4) is 5.75 Å². The maximum atomic E-state index is 11.3. The van der Waals surface area contributed by atoms with Crippen LogP contribution in [0.2, 0.25) is 0 Å². The largest absolute Gasteiger partial charge is 0.481 e. The number of carbonyl (C=O) groups excluding carboxylic acids is 1. The first-order valence-electron chi connectivity index (χ1n) is 8.62. The van der Waals surface area contributed by atoms with Crippen LogP contribution < -0.4 is 10.1 Å². The number of rotatable bonds is 9. The van der Waals surface area contributed by atoms with E-state index >= 15 is 0 Å². The third-order valence-electron chi connectivity index (χ3n) is 4.24. The van der Waals surface area contributed by atoms with Crippen LogP contribution in [0.3, 0.4) is 0 Å². The SMILES string of the molecule is COC(=O)COc1c(C)cc(CNCC(c2ccco2)N(C)C)cc1C. The fourth-order valence-electron chi connectivity index (χ4n) is 2.93. The summed E-state index contributed by atoms with van der Waals surface area (Å²) in [7, 11) is 5.43. The van der Waals surface area contributed by atoms with Gasteiger partial charge in [0.05, 0.1) is 19.4 Å². The number of nitrogens with zero attached hydrogens (tertiary/aromatic N) is 1. The molecule has 1 aromatic heterocycles. The van der Waals surface area contributed by atoms with Gasteiger partial charge in [-0.05, 0) is 56.8 Å². The van der Waals surface area contributed by atoms with E-state index in [1.165, 1.54) is 12.7 Å². The van der Waals surface area contributed by atoms with Gasteiger partial charge in [-0.2, -0.15) is 0 Å². The van der Waals surface area contributed by atoms with Crippen molar-refractivity contribution in [1.82, 2.24) is 10.2 Å². The molecule has 0 saturated carbocycles. The van der Waals surface area contributed by atoms with Gasteiger partial charge < -0.3 is 19.2 Å². The van der Waals surface area contributed by atoms with Crippen LogP contribution in [0.1, 0.15) is 28.5 Å². The fourth-order valence-corrected chi connectivity index (χ4v) is 2.93. The third-order valence-corrected chi connectivity index (χ3v) is 4.24. The van der Waals surface area contributed by atoms with Gasteiger partial charge in [0.25, 0.3) is 0 Å². The average molecular weight is 360 g/mol. The molecule has 0 radical (unpaired) electrons. The van der Waals surface area contributed by atoms with E-state index in [-0.39, 0.29) is 18.6 Å². The highest BCUT2D eigenvalue weighted by Crippen LogP contribution is 2.25. The highest BCUT2D eigenvalue weighted by molar-refractivity contribution is 5.71. The summed E-state index contributed by atoms with van der Waals surface area (Å²) in [5, 5.41) is 3.49. The van der Waals surface area contributed by atoms with E-state index in [0.717, 1.165) is 35.7 Å². The summed E-state index contributed by atoms with van der Waals surface area (Å²) in [5.41, 5.74) is 3.17. The zero-order valence-electron chi connectivity index (χ0n) is 16.2. The number of hydrogen-bond donors (Lipinski definition) is 1. The number of carbonyl (C=O) groups is 1. The summed E-state index contributed by atoms with van der Waals surface area (Å²) in [5.74, 6) is 1.30. The Balaban J connectivity index is 1.96. The first-order chi connectivity index (χ1) is 12.4. The van der Waals surface area contributed by atoms with Gasteiger partial charge in [0.1, 0.15) is 11.5 Å². The quantitative estimate of drug-likeness (QED) is 0.694. The Morgan fingerprint density at radius 1 is 1.27 bits per heavy atom. The van der Waals surface area contributed by atoms with Gasteiger partial charge in [-0.15, -0.1) is 0 Å². The molecule has 0 aliphatic carbocycles. The minimum atomic E-state index is -0.387. The predicted octanol–water partition coefficient (Wildman–Crippen LogP) is 2.84. The molecule has 2 rings (SSSR count). The number of ether oxygens (including phenoxy) is 2. The molecule has 0 saturated heterocycles. The molecule has 142 valence electrons. The summed E-state index contributed by atoms with van der Waals surface area (Å²) >= 11 is 0. The standard InChI is InChI=1S/C20H28N2O4/c1-14-9-16(10-15(2)20(14)26-13-19(23)24-5)11-21-12-17(22(3)4)18-7-6-8-25-18/h6-10,17,21H,11-13H2,1-5H3. The number of methoxy groups -OCH3 is 1. The Bertz CT molecular complexity index is 688. The summed E-state index contributed by atoms with van der Waals surface area (Å²) in [6.45, 7) is 5.40. The molecule has 0 fully saturated rings. The Hall–Kier alpha value is -2.31. The topological polar surface area (TPSA) is 63.9 Å². The van der Waals surface area contributed by atoms with Crippen molar-refractivity contribution >= 4 is 5.97 Å². The number of aryl methyl sites for hydroxylation is 2. The van der Waals surface area contributed by atoms with E-state index in [1.54, 1.807) is 6.26 Å². The lowest BCUT2D eigenvalue weighted by Crippen LogP contribution is -2.30. The predicted molar refractivity (Wildman–Crippen MR) is 100 cm³/mol. The van der Waals surface area contributed by atoms with Gasteiger partial charge in [0, 0.05) is 13.1 Å². The molecule has 0 amide bonds. The van der Waals surface area contributed by atoms with Gasteiger partial charge in [-0.25, -0.2) is 4.79 Å². The summed E-state index contributed by atoms with van der Waals surface area (Å²) in [4.78, 5) is 13.4. The lowest BCUT2D eigenvalue weighted by Gasteiger charge is -2.23. The Kier molecular flexibility index (Phi) is 7.24. The summed E-state index contributed by atoms with van der Waals surface area (Å²) in [6.07, 6.45) is 1.70. The van der Waals surface area contributed by atoms with Gasteiger partial charge in [-0.3, -0.25) is 4.90 Å². The third kappa shape index (κ3) is 5.34. The van der Waals surface area contributed by atoms with Crippen LogP contribution in [0.4, 0.5) is 0 Å². The van der Waals surface area contributed by atoms with Crippen molar-refractivity contribution in [3.05, 3.63) is 53.0 Å². The number of hydrogen-bond acceptors (Lipinski definition) is 6. The molecule has 0 aliphatic heterocycles. The van der Waals surface area contributed by atoms with E-state index in [9.17, 15) is 4.79 Å². The van der Waals surface area contributed by atoms with Crippen molar-refractivity contribution in [1.29, 1.82) is 0 Å². The minimum absolute atomic E-state index is 0.0799. The molecular formula is C20H28N2O4. The van der Waals surface area contributed by atoms with Gasteiger partial charge >= 0.3 is 5.97 Å². The first-order valence-corrected chi connectivity index (χ1v) is 8.62. The monoisotopic (exact) mass is 360 g/mol. The van der Waals surface area contributed by atoms with Crippen LogP contribution in [0.15, 0.2) is 34.9 Å². The van der Waals surface area contributed by atoms with Gasteiger partial charge in [-0.1, -0.05) is 12.1 Å². The van der Waals surface area contributed by atoms with Crippen molar-refractivity contribution in [2.45, 2.75) is 26.4 Å². The Morgan fingerprint density at radius 2 is 1.96 bits per heavy atom. The summed E-state index contributed by atoms with van der Waals surface area (Å²) < 4.78 is 15.7. The number of furan rings is 1. The zero-order chi connectivity index (χ0) is 19.1. The Labute approximate surface area is 155 Å². The fraction of sp³-hybridized carbons (Fsp3) is 0.450. The smallest absolute Gasteiger partial charge is 0.343 e. The van der Waals surface area contributed by atoms with Crippen molar-refractivity contribution in [2.24, 2.45) is 0 Å². The molecule has 1 aromatic carbocycles. The number of nitrogens with one attached hydrogen (secondary N) is 1. The van der Waals surface area contributed by atoms with E-state index < -0.39 is 0 Å². The van der Waals surface area contributed by atoms with Crippen LogP contribution >= 0.6 is 0 Å². The number of esters is 1. The lowest BCUT2D eigenvalue weighted by atomic mass is 10.1. The van der Waals surface area contributed by atoms with Crippen molar-refractivity contribution < 1.29 is 18.7 Å². The molecule has 2 aromatic rings. The van der Waals surface area contributed by atoms with Gasteiger partial charge in [0.15, 0.2) is 6.61 Å². The number of benzene rings is 1. The Morgan fingerprint density at radius 3 is 2.50 bits per heavy atom. The molecule has 1 unspecified atom stereocenters. The van der Waals surface area contributed by atoms with E-state index in [1.807, 2.05) is 40.1 Å². The minimum Gasteiger partial charge on any atom is -0.481 e. The van der Waals surface area contributed by atoms with Crippen molar-refractivity contribution in [2.75, 3.05) is 34.4 Å². The first kappa shape index (κ1) is 20.0. The molecular weight excluding hydrogens is 332 g/mol. The molecule has 26 heavy (non-hydrogen) atoms. The lowest BCUT2D eigenvalue weighted by molar-refractivity contribution is -0.142. The van der Waals surface area contributed by atoms with Crippen LogP contribution in [0, 0.1) is 13.8 Å². The van der Waals surface area contributed by atoms with Crippen LogP contribution in [-0.2, 0) is 16.1 Å². The highest BCUT2D eigenvalue weighted by Gasteiger charge is 2.16. The molecule has 0 spiro atoms. The zero-order valence-corrected chi connectivity index (χ0v) is 16.2. The van der Waals surface area contributed by atoms with E-state index in [2.05, 4.69) is 27.1 Å². The normalized spacial score (nSPS) is 12.2. The van der Waals surface area contributed by atoms with Crippen LogP contribution in [0.25, 0.3) is 0 Å². The van der Waals surface area contributed by atoms with Crippen LogP contribution in [-0.4, -0.2) is 45.2 Å². The van der Waals surface area contributed by atoms with Crippen LogP contribution in [0.5, 0.6) is 5.75 Å². The summed E-state index contributed by atoms with van der Waals surface area (Å²) in [6, 6.07) is 8.23. The molecule has 6 heteroatoms. The van der Waals surface area contributed by atoms with Crippen molar-refractivity contribution in [3.63, 3.8) is 0 Å². The van der Waals surface area contributed by atoms with E-state index in [0.29, 0.717) is 0 Å². The average Bonchev–Trinajstić information content (AvgIpc) is 3.11. The highest BCUT2D eigenvalue weighted by atomic mass is 16.6. The molecule has 1 atom stereocenters. The maximum absolute atomic E-state index is 11.3. The van der Waals surface area contributed by atoms with E-state index in [4.69, 9.17) is 9.15 Å². The van der Waals surface area contributed by atoms with Gasteiger partial charge in [0.2, 0.25) is 0 Å². The second-order valence-electron chi connectivity index (χ2n) is 6.55. The second-order valence-corrected chi connectivity index (χ2v) is 6.55. The molecule has 0 bridgehead atoms. The molecule has 1 N–H and O–H groups in total. The number of likely N-dealkylation sites (N-methyl/N-ethyl adjacent to an activating group) is 1. The molecule has 1 heterocycles. The maximum Gasteiger partial charge on any atom is 0.343 e. The molecule has 0 aliphatic rings.